The Morgan fingerprint density at radius 3 is 2.40 bits per heavy atom. The Kier molecular flexibility index (Phi) is 4.58. The van der Waals surface area contributed by atoms with Gasteiger partial charge in [0.15, 0.2) is 0 Å². The van der Waals surface area contributed by atoms with Crippen LogP contribution in [-0.2, 0) is 4.79 Å². The lowest BCUT2D eigenvalue weighted by atomic mass is 9.80. The SMILES string of the molecule is CCC(CC)CC(=O)NCC1(O)CCC1. The van der Waals surface area contributed by atoms with Gasteiger partial charge in [-0.15, -0.1) is 0 Å². The number of hydrogen-bond donors (Lipinski definition) is 2. The zero-order chi connectivity index (χ0) is 11.3. The minimum absolute atomic E-state index is 0.0871. The summed E-state index contributed by atoms with van der Waals surface area (Å²) in [6.45, 7) is 4.66. The largest absolute Gasteiger partial charge is 0.388 e. The molecule has 0 saturated heterocycles. The highest BCUT2D eigenvalue weighted by Gasteiger charge is 2.34. The second kappa shape index (κ2) is 5.50. The van der Waals surface area contributed by atoms with E-state index in [0.29, 0.717) is 18.9 Å². The Morgan fingerprint density at radius 2 is 2.00 bits per heavy atom. The summed E-state index contributed by atoms with van der Waals surface area (Å²) in [4.78, 5) is 11.5. The molecule has 0 bridgehead atoms. The van der Waals surface area contributed by atoms with Gasteiger partial charge in [0.2, 0.25) is 5.91 Å². The smallest absolute Gasteiger partial charge is 0.220 e. The van der Waals surface area contributed by atoms with Crippen molar-refractivity contribution in [2.45, 2.75) is 58.0 Å². The Bertz CT molecular complexity index is 208. The standard InChI is InChI=1S/C12H23NO2/c1-3-10(4-2)8-11(14)13-9-12(15)6-5-7-12/h10,15H,3-9H2,1-2H3,(H,13,14). The van der Waals surface area contributed by atoms with Gasteiger partial charge < -0.3 is 10.4 Å². The van der Waals surface area contributed by atoms with Crippen LogP contribution in [-0.4, -0.2) is 23.2 Å². The molecule has 1 rings (SSSR count). The van der Waals surface area contributed by atoms with E-state index in [1.165, 1.54) is 0 Å². The second-order valence-electron chi connectivity index (χ2n) is 4.74. The van der Waals surface area contributed by atoms with E-state index in [9.17, 15) is 9.90 Å². The van der Waals surface area contributed by atoms with E-state index in [0.717, 1.165) is 32.1 Å². The molecule has 0 aromatic heterocycles. The first kappa shape index (κ1) is 12.5. The van der Waals surface area contributed by atoms with Crippen molar-refractivity contribution in [1.82, 2.24) is 5.32 Å². The Morgan fingerprint density at radius 1 is 1.40 bits per heavy atom. The third kappa shape index (κ3) is 3.82. The van der Waals surface area contributed by atoms with Crippen LogP contribution in [0.2, 0.25) is 0 Å². The normalized spacial score (nSPS) is 18.7. The summed E-state index contributed by atoms with van der Waals surface area (Å²) in [7, 11) is 0. The van der Waals surface area contributed by atoms with E-state index < -0.39 is 5.60 Å². The molecule has 88 valence electrons. The molecule has 0 radical (unpaired) electrons. The monoisotopic (exact) mass is 213 g/mol. The topological polar surface area (TPSA) is 49.3 Å². The summed E-state index contributed by atoms with van der Waals surface area (Å²) in [5.74, 6) is 0.574. The summed E-state index contributed by atoms with van der Waals surface area (Å²) < 4.78 is 0. The van der Waals surface area contributed by atoms with Crippen molar-refractivity contribution in [1.29, 1.82) is 0 Å². The Hall–Kier alpha value is -0.570. The van der Waals surface area contributed by atoms with Crippen LogP contribution < -0.4 is 5.32 Å². The number of amides is 1. The number of carbonyl (C=O) groups excluding carboxylic acids is 1. The summed E-state index contributed by atoms with van der Waals surface area (Å²) in [5, 5.41) is 12.6. The molecule has 3 heteroatoms. The molecule has 1 saturated carbocycles. The molecule has 0 aliphatic heterocycles. The molecule has 0 heterocycles. The molecule has 3 nitrogen and oxygen atoms in total. The summed E-state index contributed by atoms with van der Waals surface area (Å²) >= 11 is 0. The maximum Gasteiger partial charge on any atom is 0.220 e. The maximum absolute atomic E-state index is 11.5. The van der Waals surface area contributed by atoms with Crippen LogP contribution >= 0.6 is 0 Å². The molecule has 0 aromatic rings. The van der Waals surface area contributed by atoms with E-state index in [1.807, 2.05) is 0 Å². The quantitative estimate of drug-likeness (QED) is 0.707. The van der Waals surface area contributed by atoms with Gasteiger partial charge in [0.1, 0.15) is 0 Å². The molecule has 1 aliphatic carbocycles. The molecule has 0 unspecified atom stereocenters. The lowest BCUT2D eigenvalue weighted by Crippen LogP contribution is -2.48. The van der Waals surface area contributed by atoms with Crippen molar-refractivity contribution in [3.05, 3.63) is 0 Å². The highest BCUT2D eigenvalue weighted by Crippen LogP contribution is 2.30. The lowest BCUT2D eigenvalue weighted by molar-refractivity contribution is -0.124. The number of aliphatic hydroxyl groups is 1. The first-order chi connectivity index (χ1) is 7.09. The van der Waals surface area contributed by atoms with E-state index in [2.05, 4.69) is 19.2 Å². The lowest BCUT2D eigenvalue weighted by Gasteiger charge is -2.36. The highest BCUT2D eigenvalue weighted by atomic mass is 16.3. The van der Waals surface area contributed by atoms with E-state index in [4.69, 9.17) is 0 Å². The van der Waals surface area contributed by atoms with Gasteiger partial charge in [-0.05, 0) is 25.2 Å². The van der Waals surface area contributed by atoms with Crippen LogP contribution in [0.3, 0.4) is 0 Å². The molecule has 1 fully saturated rings. The van der Waals surface area contributed by atoms with Gasteiger partial charge in [-0.1, -0.05) is 26.7 Å². The van der Waals surface area contributed by atoms with E-state index in [-0.39, 0.29) is 5.91 Å². The van der Waals surface area contributed by atoms with Crippen LogP contribution in [0.4, 0.5) is 0 Å². The molecule has 0 atom stereocenters. The van der Waals surface area contributed by atoms with Gasteiger partial charge in [-0.25, -0.2) is 0 Å². The van der Waals surface area contributed by atoms with Crippen molar-refractivity contribution in [3.8, 4) is 0 Å². The average molecular weight is 213 g/mol. The molecule has 1 aliphatic rings. The first-order valence-corrected chi connectivity index (χ1v) is 6.08. The van der Waals surface area contributed by atoms with Crippen molar-refractivity contribution in [2.24, 2.45) is 5.92 Å². The minimum atomic E-state index is -0.594. The van der Waals surface area contributed by atoms with Gasteiger partial charge in [-0.3, -0.25) is 4.79 Å². The fraction of sp³-hybridized carbons (Fsp3) is 0.917. The van der Waals surface area contributed by atoms with Crippen molar-refractivity contribution >= 4 is 5.91 Å². The number of rotatable bonds is 6. The predicted molar refractivity (Wildman–Crippen MR) is 60.5 cm³/mol. The van der Waals surface area contributed by atoms with Crippen LogP contribution in [0.1, 0.15) is 52.4 Å². The molecule has 0 aromatic carbocycles. The molecule has 15 heavy (non-hydrogen) atoms. The Labute approximate surface area is 92.3 Å². The fourth-order valence-corrected chi connectivity index (χ4v) is 1.94. The molecule has 0 spiro atoms. The summed E-state index contributed by atoms with van der Waals surface area (Å²) in [6, 6.07) is 0. The van der Waals surface area contributed by atoms with Gasteiger partial charge in [0.05, 0.1) is 5.60 Å². The molecule has 2 N–H and O–H groups in total. The van der Waals surface area contributed by atoms with Gasteiger partial charge >= 0.3 is 0 Å². The van der Waals surface area contributed by atoms with E-state index >= 15 is 0 Å². The van der Waals surface area contributed by atoms with E-state index in [1.54, 1.807) is 0 Å². The summed E-state index contributed by atoms with van der Waals surface area (Å²) in [5.41, 5.74) is -0.594. The molecular formula is C12H23NO2. The fourth-order valence-electron chi connectivity index (χ4n) is 1.94. The zero-order valence-corrected chi connectivity index (χ0v) is 9.88. The highest BCUT2D eigenvalue weighted by molar-refractivity contribution is 5.76. The zero-order valence-electron chi connectivity index (χ0n) is 9.88. The number of hydrogen-bond acceptors (Lipinski definition) is 2. The third-order valence-corrected chi connectivity index (χ3v) is 3.53. The van der Waals surface area contributed by atoms with Gasteiger partial charge in [0, 0.05) is 13.0 Å². The van der Waals surface area contributed by atoms with Crippen LogP contribution in [0, 0.1) is 5.92 Å². The van der Waals surface area contributed by atoms with Crippen LogP contribution in [0.25, 0.3) is 0 Å². The van der Waals surface area contributed by atoms with Crippen molar-refractivity contribution < 1.29 is 9.90 Å². The van der Waals surface area contributed by atoms with Gasteiger partial charge in [-0.2, -0.15) is 0 Å². The third-order valence-electron chi connectivity index (χ3n) is 3.53. The molecule has 1 amide bonds. The minimum Gasteiger partial charge on any atom is -0.388 e. The van der Waals surface area contributed by atoms with Gasteiger partial charge in [0.25, 0.3) is 0 Å². The maximum atomic E-state index is 11.5. The second-order valence-corrected chi connectivity index (χ2v) is 4.74. The first-order valence-electron chi connectivity index (χ1n) is 6.08. The van der Waals surface area contributed by atoms with Crippen molar-refractivity contribution in [2.75, 3.05) is 6.54 Å². The number of carbonyl (C=O) groups is 1. The summed E-state index contributed by atoms with van der Waals surface area (Å²) in [6.07, 6.45) is 5.45. The Balaban J connectivity index is 2.18. The predicted octanol–water partition coefficient (Wildman–Crippen LogP) is 1.84. The van der Waals surface area contributed by atoms with Crippen LogP contribution in [0.15, 0.2) is 0 Å². The number of nitrogens with one attached hydrogen (secondary N) is 1. The molecular weight excluding hydrogens is 190 g/mol. The van der Waals surface area contributed by atoms with Crippen molar-refractivity contribution in [3.63, 3.8) is 0 Å². The average Bonchev–Trinajstić information content (AvgIpc) is 2.20. The van der Waals surface area contributed by atoms with Crippen LogP contribution in [0.5, 0.6) is 0 Å².